The molecule has 0 aliphatic heterocycles. The number of hydrogen-bond acceptors (Lipinski definition) is 3. The Balaban J connectivity index is 2.02. The van der Waals surface area contributed by atoms with E-state index < -0.39 is 30.6 Å². The number of hydrogen-bond donors (Lipinski definition) is 2. The molecule has 9 heteroatoms. The van der Waals surface area contributed by atoms with Gasteiger partial charge in [0, 0.05) is 22.0 Å². The normalized spacial score (nSPS) is 12.2. The van der Waals surface area contributed by atoms with Gasteiger partial charge in [0.15, 0.2) is 0 Å². The maximum absolute atomic E-state index is 13.5. The molecule has 0 aliphatic rings. The van der Waals surface area contributed by atoms with Crippen LogP contribution in [0.15, 0.2) is 54.6 Å². The van der Waals surface area contributed by atoms with E-state index in [1.807, 2.05) is 0 Å². The Morgan fingerprint density at radius 2 is 1.56 bits per heavy atom. The highest BCUT2D eigenvalue weighted by Crippen LogP contribution is 2.35. The molecule has 190 valence electrons. The third kappa shape index (κ3) is 6.37. The Labute approximate surface area is 212 Å². The van der Waals surface area contributed by atoms with Crippen molar-refractivity contribution >= 4 is 34.9 Å². The van der Waals surface area contributed by atoms with E-state index in [4.69, 9.17) is 16.7 Å². The molecule has 0 saturated heterocycles. The molecule has 0 bridgehead atoms. The molecule has 5 nitrogen and oxygen atoms in total. The van der Waals surface area contributed by atoms with E-state index in [0.717, 1.165) is 0 Å². The second-order valence-electron chi connectivity index (χ2n) is 8.70. The van der Waals surface area contributed by atoms with E-state index in [1.54, 1.807) is 75.4 Å². The molecule has 0 radical (unpaired) electrons. The van der Waals surface area contributed by atoms with Gasteiger partial charge in [0.1, 0.15) is 12.6 Å². The lowest BCUT2D eigenvalue weighted by Gasteiger charge is -2.27. The van der Waals surface area contributed by atoms with Gasteiger partial charge in [-0.05, 0) is 85.8 Å². The zero-order valence-electron chi connectivity index (χ0n) is 20.2. The number of anilines is 2. The second-order valence-corrected chi connectivity index (χ2v) is 9.11. The minimum absolute atomic E-state index is 0.346. The highest BCUT2D eigenvalue weighted by atomic mass is 35.5. The molecule has 0 unspecified atom stereocenters. The van der Waals surface area contributed by atoms with Crippen LogP contribution in [0.5, 0.6) is 0 Å². The number of amides is 1. The molecule has 3 rings (SSSR count). The number of carbonyl (C=O) groups excluding carboxylic acids is 1. The van der Waals surface area contributed by atoms with Crippen molar-refractivity contribution in [3.8, 4) is 11.1 Å². The van der Waals surface area contributed by atoms with E-state index in [0.29, 0.717) is 49.8 Å². The molecule has 3 aromatic carbocycles. The monoisotopic (exact) mass is 518 g/mol. The lowest BCUT2D eigenvalue weighted by atomic mass is 9.94. The molecular weight excluding hydrogens is 493 g/mol. The quantitative estimate of drug-likeness (QED) is 0.359. The van der Waals surface area contributed by atoms with Crippen LogP contribution in [0, 0.1) is 20.8 Å². The standard InChI is InChI=1S/C27H26ClF3N2O3/c1-15-12-22(8-9-23(15)28)33(14-27(29,30)31)21-7-5-6-19(13-21)20-10-16(2)24(17(3)11-20)25(34)32-18(4)26(35)36/h5-13,18H,14H2,1-4H3,(H,32,34)(H,35,36)/t18-/m0/s1. The van der Waals surface area contributed by atoms with Crippen molar-refractivity contribution < 1.29 is 27.9 Å². The topological polar surface area (TPSA) is 69.6 Å². The van der Waals surface area contributed by atoms with Crippen LogP contribution in [-0.2, 0) is 4.79 Å². The molecule has 0 fully saturated rings. The number of nitrogens with zero attached hydrogens (tertiary/aromatic N) is 1. The maximum atomic E-state index is 13.5. The number of aryl methyl sites for hydroxylation is 3. The summed E-state index contributed by atoms with van der Waals surface area (Å²) in [5.74, 6) is -1.65. The number of carboxylic acid groups (broad SMARTS) is 1. The van der Waals surface area contributed by atoms with Crippen molar-refractivity contribution in [2.24, 2.45) is 0 Å². The van der Waals surface area contributed by atoms with Crippen molar-refractivity contribution in [1.82, 2.24) is 5.32 Å². The first-order chi connectivity index (χ1) is 16.8. The van der Waals surface area contributed by atoms with Crippen molar-refractivity contribution in [3.63, 3.8) is 0 Å². The first-order valence-corrected chi connectivity index (χ1v) is 11.5. The number of rotatable bonds is 7. The summed E-state index contributed by atoms with van der Waals surface area (Å²) < 4.78 is 40.5. The van der Waals surface area contributed by atoms with Gasteiger partial charge in [-0.15, -0.1) is 0 Å². The fourth-order valence-corrected chi connectivity index (χ4v) is 4.10. The highest BCUT2D eigenvalue weighted by Gasteiger charge is 2.32. The van der Waals surface area contributed by atoms with Gasteiger partial charge >= 0.3 is 12.1 Å². The molecule has 0 saturated carbocycles. The molecule has 0 aliphatic carbocycles. The zero-order chi connectivity index (χ0) is 26.8. The van der Waals surface area contributed by atoms with Crippen molar-refractivity contribution in [3.05, 3.63) is 81.9 Å². The van der Waals surface area contributed by atoms with Gasteiger partial charge in [-0.1, -0.05) is 35.9 Å². The largest absolute Gasteiger partial charge is 0.480 e. The molecule has 0 heterocycles. The van der Waals surface area contributed by atoms with E-state index in [9.17, 15) is 22.8 Å². The first kappa shape index (κ1) is 27.1. The maximum Gasteiger partial charge on any atom is 0.406 e. The van der Waals surface area contributed by atoms with Crippen LogP contribution in [-0.4, -0.2) is 35.7 Å². The summed E-state index contributed by atoms with van der Waals surface area (Å²) in [4.78, 5) is 24.9. The summed E-state index contributed by atoms with van der Waals surface area (Å²) in [5.41, 5.74) is 4.35. The van der Waals surface area contributed by atoms with Gasteiger partial charge in [0.05, 0.1) is 0 Å². The van der Waals surface area contributed by atoms with E-state index in [2.05, 4.69) is 5.32 Å². The van der Waals surface area contributed by atoms with Crippen LogP contribution in [0.1, 0.15) is 34.0 Å². The fraction of sp³-hybridized carbons (Fsp3) is 0.259. The summed E-state index contributed by atoms with van der Waals surface area (Å²) in [7, 11) is 0. The number of benzene rings is 3. The Bertz CT molecular complexity index is 1280. The Morgan fingerprint density at radius 3 is 2.11 bits per heavy atom. The summed E-state index contributed by atoms with van der Waals surface area (Å²) >= 11 is 6.08. The van der Waals surface area contributed by atoms with Gasteiger partial charge < -0.3 is 15.3 Å². The van der Waals surface area contributed by atoms with Crippen molar-refractivity contribution in [1.29, 1.82) is 0 Å². The van der Waals surface area contributed by atoms with Gasteiger partial charge in [0.2, 0.25) is 0 Å². The van der Waals surface area contributed by atoms with Crippen LogP contribution in [0.2, 0.25) is 5.02 Å². The minimum Gasteiger partial charge on any atom is -0.480 e. The molecule has 36 heavy (non-hydrogen) atoms. The number of carboxylic acids is 1. The van der Waals surface area contributed by atoms with Crippen LogP contribution in [0.4, 0.5) is 24.5 Å². The van der Waals surface area contributed by atoms with E-state index in [1.165, 1.54) is 11.8 Å². The summed E-state index contributed by atoms with van der Waals surface area (Å²) in [5, 5.41) is 12.0. The Morgan fingerprint density at radius 1 is 0.944 bits per heavy atom. The van der Waals surface area contributed by atoms with Crippen molar-refractivity contribution in [2.45, 2.75) is 39.9 Å². The smallest absolute Gasteiger partial charge is 0.406 e. The molecule has 1 atom stereocenters. The van der Waals surface area contributed by atoms with E-state index in [-0.39, 0.29) is 0 Å². The molecule has 1 amide bonds. The van der Waals surface area contributed by atoms with Gasteiger partial charge in [0.25, 0.3) is 5.91 Å². The summed E-state index contributed by atoms with van der Waals surface area (Å²) in [6.07, 6.45) is -4.45. The number of alkyl halides is 3. The average Bonchev–Trinajstić information content (AvgIpc) is 2.78. The third-order valence-electron chi connectivity index (χ3n) is 5.76. The molecular formula is C27H26ClF3N2O3. The number of carbonyl (C=O) groups is 2. The average molecular weight is 519 g/mol. The van der Waals surface area contributed by atoms with Gasteiger partial charge in [-0.2, -0.15) is 13.2 Å². The third-order valence-corrected chi connectivity index (χ3v) is 6.18. The molecule has 0 spiro atoms. The summed E-state index contributed by atoms with van der Waals surface area (Å²) in [6.45, 7) is 5.38. The summed E-state index contributed by atoms with van der Waals surface area (Å²) in [6, 6.07) is 13.9. The number of aliphatic carboxylic acids is 1. The van der Waals surface area contributed by atoms with Crippen molar-refractivity contribution in [2.75, 3.05) is 11.4 Å². The predicted octanol–water partition coefficient (Wildman–Crippen LogP) is 6.84. The van der Waals surface area contributed by atoms with Crippen LogP contribution < -0.4 is 10.2 Å². The van der Waals surface area contributed by atoms with E-state index >= 15 is 0 Å². The molecule has 3 aromatic rings. The molecule has 0 aromatic heterocycles. The highest BCUT2D eigenvalue weighted by molar-refractivity contribution is 6.31. The SMILES string of the molecule is Cc1cc(N(CC(F)(F)F)c2cccc(-c3cc(C)c(C(=O)N[C@@H](C)C(=O)O)c(C)c3)c2)ccc1Cl. The van der Waals surface area contributed by atoms with Crippen LogP contribution in [0.3, 0.4) is 0 Å². The Kier molecular flexibility index (Phi) is 7.99. The number of halogens is 4. The first-order valence-electron chi connectivity index (χ1n) is 11.1. The zero-order valence-corrected chi connectivity index (χ0v) is 21.0. The minimum atomic E-state index is -4.45. The number of nitrogens with one attached hydrogen (secondary N) is 1. The Hall–Kier alpha value is -3.52. The van der Waals surface area contributed by atoms with Crippen LogP contribution in [0.25, 0.3) is 11.1 Å². The van der Waals surface area contributed by atoms with Crippen LogP contribution >= 0.6 is 11.6 Å². The fourth-order valence-electron chi connectivity index (χ4n) is 3.98. The lowest BCUT2D eigenvalue weighted by Crippen LogP contribution is -2.38. The lowest BCUT2D eigenvalue weighted by molar-refractivity contribution is -0.138. The van der Waals surface area contributed by atoms with Gasteiger partial charge in [-0.3, -0.25) is 9.59 Å². The molecule has 2 N–H and O–H groups in total. The predicted molar refractivity (Wildman–Crippen MR) is 135 cm³/mol. The second kappa shape index (κ2) is 10.6. The van der Waals surface area contributed by atoms with Gasteiger partial charge in [-0.25, -0.2) is 0 Å².